The number of hydrogen-bond acceptors (Lipinski definition) is 6. The molecule has 0 bridgehead atoms. The molecule has 8 heteroatoms. The summed E-state index contributed by atoms with van der Waals surface area (Å²) in [4.78, 5) is 16.3. The van der Waals surface area contributed by atoms with Crippen molar-refractivity contribution in [3.63, 3.8) is 0 Å². The number of ether oxygens (including phenoxy) is 1. The van der Waals surface area contributed by atoms with E-state index in [4.69, 9.17) is 4.74 Å². The number of halogens is 1. The number of benzene rings is 1. The van der Waals surface area contributed by atoms with Crippen LogP contribution in [0.25, 0.3) is 4.96 Å². The number of para-hydroxylation sites is 1. The largest absolute Gasteiger partial charge is 0.490 e. The monoisotopic (exact) mass is 318 g/mol. The number of hydrogen-bond donors (Lipinski definition) is 1. The minimum atomic E-state index is -0.369. The van der Waals surface area contributed by atoms with E-state index in [2.05, 4.69) is 15.4 Å². The van der Waals surface area contributed by atoms with E-state index in [0.29, 0.717) is 23.1 Å². The van der Waals surface area contributed by atoms with Gasteiger partial charge >= 0.3 is 0 Å². The second-order valence-corrected chi connectivity index (χ2v) is 5.83. The van der Waals surface area contributed by atoms with Gasteiger partial charge in [0.05, 0.1) is 12.6 Å². The van der Waals surface area contributed by atoms with Crippen molar-refractivity contribution >= 4 is 21.4 Å². The van der Waals surface area contributed by atoms with Gasteiger partial charge in [0.25, 0.3) is 5.56 Å². The molecule has 3 heterocycles. The molecule has 1 aliphatic heterocycles. The molecule has 6 nitrogen and oxygen atoms in total. The second kappa shape index (κ2) is 5.06. The van der Waals surface area contributed by atoms with Crippen molar-refractivity contribution in [2.45, 2.75) is 12.5 Å². The fourth-order valence-electron chi connectivity index (χ4n) is 2.49. The summed E-state index contributed by atoms with van der Waals surface area (Å²) in [6.45, 7) is 0.425. The molecule has 0 aliphatic carbocycles. The molecule has 112 valence electrons. The highest BCUT2D eigenvalue weighted by Gasteiger charge is 2.24. The first-order valence-corrected chi connectivity index (χ1v) is 7.56. The van der Waals surface area contributed by atoms with Crippen LogP contribution in [0.1, 0.15) is 18.0 Å². The molecule has 0 amide bonds. The number of anilines is 1. The fourth-order valence-corrected chi connectivity index (χ4v) is 3.31. The molecule has 1 N–H and O–H groups in total. The smallest absolute Gasteiger partial charge is 0.275 e. The molecule has 2 aromatic heterocycles. The van der Waals surface area contributed by atoms with Gasteiger partial charge in [0.15, 0.2) is 11.6 Å². The Hall–Kier alpha value is -2.48. The maximum absolute atomic E-state index is 13.8. The number of nitrogens with one attached hydrogen (secondary N) is 1. The minimum Gasteiger partial charge on any atom is -0.490 e. The third-order valence-corrected chi connectivity index (χ3v) is 4.35. The summed E-state index contributed by atoms with van der Waals surface area (Å²) in [7, 11) is 0. The molecule has 0 saturated heterocycles. The number of aromatic nitrogens is 3. The predicted octanol–water partition coefficient (Wildman–Crippen LogP) is 2.23. The number of fused-ring (bicyclic) bond motifs is 2. The third kappa shape index (κ3) is 2.12. The van der Waals surface area contributed by atoms with Gasteiger partial charge in [-0.1, -0.05) is 23.5 Å². The lowest BCUT2D eigenvalue weighted by molar-refractivity contribution is 0.260. The minimum absolute atomic E-state index is 0.115. The van der Waals surface area contributed by atoms with Gasteiger partial charge in [0.2, 0.25) is 10.1 Å². The van der Waals surface area contributed by atoms with E-state index in [1.54, 1.807) is 6.07 Å². The molecule has 0 unspecified atom stereocenters. The van der Waals surface area contributed by atoms with Crippen molar-refractivity contribution in [3.05, 3.63) is 52.2 Å². The summed E-state index contributed by atoms with van der Waals surface area (Å²) >= 11 is 1.28. The van der Waals surface area contributed by atoms with Gasteiger partial charge in [-0.25, -0.2) is 9.37 Å². The Bertz CT molecular complexity index is 907. The van der Waals surface area contributed by atoms with Crippen LogP contribution in [0.15, 0.2) is 35.3 Å². The normalized spacial score (nSPS) is 17.0. The van der Waals surface area contributed by atoms with Crippen LogP contribution < -0.4 is 15.6 Å². The maximum Gasteiger partial charge on any atom is 0.275 e. The second-order valence-electron chi connectivity index (χ2n) is 4.88. The van der Waals surface area contributed by atoms with Gasteiger partial charge in [-0.15, -0.1) is 5.10 Å². The van der Waals surface area contributed by atoms with Crippen LogP contribution in [0.5, 0.6) is 5.75 Å². The standard InChI is InChI=1S/C14H11FN4O2S/c15-9-3-1-2-8-10(5-7-21-12(8)9)17-13-18-19-11(20)4-6-16-14(19)22-13/h1-4,6,10H,5,7H2,(H,17,18)/t10-/m0/s1. The molecule has 0 saturated carbocycles. The maximum atomic E-state index is 13.8. The van der Waals surface area contributed by atoms with Gasteiger partial charge in [0.1, 0.15) is 0 Å². The molecular formula is C14H11FN4O2S. The zero-order chi connectivity index (χ0) is 15.1. The fraction of sp³-hybridized carbons (Fsp3) is 0.214. The van der Waals surface area contributed by atoms with Gasteiger partial charge in [-0.2, -0.15) is 4.52 Å². The van der Waals surface area contributed by atoms with Crippen molar-refractivity contribution in [2.75, 3.05) is 11.9 Å². The lowest BCUT2D eigenvalue weighted by Crippen LogP contribution is -2.21. The van der Waals surface area contributed by atoms with E-state index in [-0.39, 0.29) is 23.2 Å². The Morgan fingerprint density at radius 1 is 1.41 bits per heavy atom. The van der Waals surface area contributed by atoms with Gasteiger partial charge < -0.3 is 10.1 Å². The summed E-state index contributed by atoms with van der Waals surface area (Å²) in [6.07, 6.45) is 2.15. The highest BCUT2D eigenvalue weighted by atomic mass is 32.1. The molecule has 0 fully saturated rings. The molecule has 1 aromatic carbocycles. The van der Waals surface area contributed by atoms with E-state index >= 15 is 0 Å². The quantitative estimate of drug-likeness (QED) is 0.785. The Kier molecular flexibility index (Phi) is 3.04. The first-order valence-electron chi connectivity index (χ1n) is 6.75. The Labute approximate surface area is 128 Å². The highest BCUT2D eigenvalue weighted by Crippen LogP contribution is 2.36. The van der Waals surface area contributed by atoms with Crippen LogP contribution in [0.4, 0.5) is 9.52 Å². The number of nitrogens with zero attached hydrogens (tertiary/aromatic N) is 3. The Balaban J connectivity index is 1.71. The lowest BCUT2D eigenvalue weighted by atomic mass is 10.0. The molecule has 1 atom stereocenters. The predicted molar refractivity (Wildman–Crippen MR) is 80.0 cm³/mol. The highest BCUT2D eigenvalue weighted by molar-refractivity contribution is 7.20. The summed E-state index contributed by atoms with van der Waals surface area (Å²) in [6, 6.07) is 6.10. The zero-order valence-electron chi connectivity index (χ0n) is 11.3. The van der Waals surface area contributed by atoms with Crippen LogP contribution in [-0.4, -0.2) is 21.2 Å². The van der Waals surface area contributed by atoms with Crippen molar-refractivity contribution in [2.24, 2.45) is 0 Å². The molecule has 0 spiro atoms. The van der Waals surface area contributed by atoms with Gasteiger partial charge in [0, 0.05) is 24.2 Å². The van der Waals surface area contributed by atoms with Crippen LogP contribution >= 0.6 is 11.3 Å². The van der Waals surface area contributed by atoms with E-state index in [9.17, 15) is 9.18 Å². The van der Waals surface area contributed by atoms with Crippen LogP contribution in [0.2, 0.25) is 0 Å². The first-order chi connectivity index (χ1) is 10.7. The number of rotatable bonds is 2. The third-order valence-electron chi connectivity index (χ3n) is 3.49. The molecular weight excluding hydrogens is 307 g/mol. The lowest BCUT2D eigenvalue weighted by Gasteiger charge is -2.26. The topological polar surface area (TPSA) is 68.5 Å². The Morgan fingerprint density at radius 3 is 3.18 bits per heavy atom. The first kappa shape index (κ1) is 13.2. The van der Waals surface area contributed by atoms with Gasteiger partial charge in [-0.05, 0) is 6.07 Å². The average molecular weight is 318 g/mol. The van der Waals surface area contributed by atoms with Crippen molar-refractivity contribution < 1.29 is 9.13 Å². The van der Waals surface area contributed by atoms with Crippen LogP contribution in [0.3, 0.4) is 0 Å². The van der Waals surface area contributed by atoms with E-state index in [1.165, 1.54) is 34.2 Å². The average Bonchev–Trinajstić information content (AvgIpc) is 2.92. The van der Waals surface area contributed by atoms with Crippen LogP contribution in [-0.2, 0) is 0 Å². The molecule has 1 aliphatic rings. The van der Waals surface area contributed by atoms with Crippen molar-refractivity contribution in [3.8, 4) is 5.75 Å². The summed E-state index contributed by atoms with van der Waals surface area (Å²) in [5, 5.41) is 8.03. The summed E-state index contributed by atoms with van der Waals surface area (Å²) in [5.41, 5.74) is 0.526. The van der Waals surface area contributed by atoms with E-state index in [0.717, 1.165) is 5.56 Å². The summed E-state index contributed by atoms with van der Waals surface area (Å²) in [5.74, 6) is -0.0890. The molecule has 0 radical (unpaired) electrons. The SMILES string of the molecule is O=c1ccnc2sc(N[C@H]3CCOc4c(F)cccc43)nn12. The Morgan fingerprint density at radius 2 is 2.32 bits per heavy atom. The molecule has 22 heavy (non-hydrogen) atoms. The molecule has 4 rings (SSSR count). The van der Waals surface area contributed by atoms with E-state index < -0.39 is 0 Å². The van der Waals surface area contributed by atoms with Crippen molar-refractivity contribution in [1.82, 2.24) is 14.6 Å². The van der Waals surface area contributed by atoms with Gasteiger partial charge in [-0.3, -0.25) is 4.79 Å². The zero-order valence-corrected chi connectivity index (χ0v) is 12.1. The van der Waals surface area contributed by atoms with Crippen LogP contribution in [0, 0.1) is 5.82 Å². The van der Waals surface area contributed by atoms with E-state index in [1.807, 2.05) is 6.07 Å². The summed E-state index contributed by atoms with van der Waals surface area (Å²) < 4.78 is 20.4. The van der Waals surface area contributed by atoms with Crippen molar-refractivity contribution in [1.29, 1.82) is 0 Å². The molecule has 3 aromatic rings.